The number of hydrogen-bond donors (Lipinski definition) is 4. The Kier molecular flexibility index (Phi) is 6.41. The van der Waals surface area contributed by atoms with E-state index in [0.29, 0.717) is 23.7 Å². The zero-order valence-corrected chi connectivity index (χ0v) is 20.6. The van der Waals surface area contributed by atoms with Gasteiger partial charge in [0.05, 0.1) is 10.4 Å². The number of aromatic hydroxyl groups is 1. The van der Waals surface area contributed by atoms with E-state index in [1.807, 2.05) is 61.7 Å². The molecule has 0 aliphatic rings. The average Bonchev–Trinajstić information content (AvgIpc) is 3.51. The van der Waals surface area contributed by atoms with Gasteiger partial charge in [-0.2, -0.15) is 0 Å². The molecule has 5 rings (SSSR count). The van der Waals surface area contributed by atoms with Crippen LogP contribution in [0.15, 0.2) is 67.0 Å². The lowest BCUT2D eigenvalue weighted by Gasteiger charge is -2.12. The van der Waals surface area contributed by atoms with Gasteiger partial charge in [0.15, 0.2) is 0 Å². The van der Waals surface area contributed by atoms with Gasteiger partial charge in [-0.25, -0.2) is 4.98 Å². The summed E-state index contributed by atoms with van der Waals surface area (Å²) in [6.07, 6.45) is 3.68. The summed E-state index contributed by atoms with van der Waals surface area (Å²) in [6, 6.07) is 16.4. The molecule has 2 aromatic carbocycles. The molecule has 9 heteroatoms. The van der Waals surface area contributed by atoms with Gasteiger partial charge in [-0.15, -0.1) is 11.3 Å². The minimum atomic E-state index is -0.398. The van der Waals surface area contributed by atoms with Crippen LogP contribution >= 0.6 is 11.3 Å². The van der Waals surface area contributed by atoms with E-state index in [1.165, 1.54) is 23.5 Å². The second-order valence-electron chi connectivity index (χ2n) is 8.71. The van der Waals surface area contributed by atoms with Crippen molar-refractivity contribution in [1.82, 2.24) is 20.2 Å². The normalized spacial score (nSPS) is 11.3. The van der Waals surface area contributed by atoms with E-state index in [9.17, 15) is 14.7 Å². The molecule has 0 fully saturated rings. The van der Waals surface area contributed by atoms with Crippen molar-refractivity contribution in [3.63, 3.8) is 0 Å². The fourth-order valence-electron chi connectivity index (χ4n) is 3.99. The van der Waals surface area contributed by atoms with E-state index in [4.69, 9.17) is 0 Å². The first-order chi connectivity index (χ1) is 17.4. The third kappa shape index (κ3) is 4.79. The van der Waals surface area contributed by atoms with Crippen LogP contribution in [0.2, 0.25) is 0 Å². The SMILES string of the molecule is CN(C)CCNC(=O)c1cc(NC(=O)c2cc3c(-c4cnc5[nH]ccc5c4)cccc3s2)ccc1O. The Morgan fingerprint density at radius 2 is 1.94 bits per heavy atom. The fraction of sp³-hybridized carbons (Fsp3) is 0.148. The van der Waals surface area contributed by atoms with Gasteiger partial charge in [0.25, 0.3) is 11.8 Å². The number of anilines is 1. The maximum absolute atomic E-state index is 13.1. The van der Waals surface area contributed by atoms with E-state index in [0.717, 1.165) is 32.2 Å². The topological polar surface area (TPSA) is 110 Å². The van der Waals surface area contributed by atoms with E-state index in [-0.39, 0.29) is 17.2 Å². The molecule has 0 saturated heterocycles. The van der Waals surface area contributed by atoms with E-state index in [2.05, 4.69) is 26.7 Å². The molecule has 0 aliphatic heterocycles. The molecular formula is C27H25N5O3S. The first-order valence-corrected chi connectivity index (χ1v) is 12.2. The van der Waals surface area contributed by atoms with Gasteiger partial charge < -0.3 is 25.6 Å². The lowest BCUT2D eigenvalue weighted by molar-refractivity contribution is 0.0947. The molecule has 0 atom stereocenters. The summed E-state index contributed by atoms with van der Waals surface area (Å²) in [5.41, 5.74) is 3.34. The first kappa shape index (κ1) is 23.5. The number of thiophene rings is 1. The number of aromatic amines is 1. The van der Waals surface area contributed by atoms with Gasteiger partial charge in [0.2, 0.25) is 0 Å². The second-order valence-corrected chi connectivity index (χ2v) is 9.80. The number of fused-ring (bicyclic) bond motifs is 2. The summed E-state index contributed by atoms with van der Waals surface area (Å²) in [6.45, 7) is 1.12. The number of benzene rings is 2. The molecule has 3 aromatic heterocycles. The Bertz CT molecular complexity index is 1590. The van der Waals surface area contributed by atoms with Gasteiger partial charge in [0.1, 0.15) is 11.4 Å². The van der Waals surface area contributed by atoms with Crippen LogP contribution in [-0.2, 0) is 0 Å². The lowest BCUT2D eigenvalue weighted by Crippen LogP contribution is -2.31. The predicted octanol–water partition coefficient (Wildman–Crippen LogP) is 4.69. The molecule has 0 radical (unpaired) electrons. The highest BCUT2D eigenvalue weighted by molar-refractivity contribution is 7.21. The molecule has 36 heavy (non-hydrogen) atoms. The average molecular weight is 500 g/mol. The third-order valence-corrected chi connectivity index (χ3v) is 6.94. The summed E-state index contributed by atoms with van der Waals surface area (Å²) in [5, 5.41) is 17.8. The first-order valence-electron chi connectivity index (χ1n) is 11.4. The molecule has 4 N–H and O–H groups in total. The molecule has 0 spiro atoms. The second kappa shape index (κ2) is 9.80. The van der Waals surface area contributed by atoms with Crippen LogP contribution in [0.4, 0.5) is 5.69 Å². The number of phenols is 1. The molecule has 0 unspecified atom stereocenters. The number of aromatic nitrogens is 2. The number of phenolic OH excluding ortho intramolecular Hbond substituents is 1. The summed E-state index contributed by atoms with van der Waals surface area (Å²) in [4.78, 5) is 35.7. The van der Waals surface area contributed by atoms with Crippen molar-refractivity contribution in [2.75, 3.05) is 32.5 Å². The standard InChI is InChI=1S/C27H25N5O3S/c1-32(2)11-10-29-26(34)21-13-18(6-7-22(21)33)31-27(35)24-14-20-19(4-3-5-23(20)36-24)17-12-16-8-9-28-25(16)30-15-17/h3-9,12-15,33H,10-11H2,1-2H3,(H,28,30)(H,29,34)(H,31,35). The van der Waals surface area contributed by atoms with Crippen molar-refractivity contribution in [3.8, 4) is 16.9 Å². The Hall–Kier alpha value is -4.21. The van der Waals surface area contributed by atoms with Gasteiger partial charge in [-0.1, -0.05) is 12.1 Å². The Labute approximate surface area is 211 Å². The maximum Gasteiger partial charge on any atom is 0.265 e. The number of carbonyl (C=O) groups is 2. The van der Waals surface area contributed by atoms with Crippen LogP contribution in [0, 0.1) is 0 Å². The summed E-state index contributed by atoms with van der Waals surface area (Å²) in [7, 11) is 3.82. The lowest BCUT2D eigenvalue weighted by atomic mass is 10.0. The molecule has 182 valence electrons. The molecule has 2 amide bonds. The van der Waals surface area contributed by atoms with Crippen LogP contribution in [0.25, 0.3) is 32.2 Å². The third-order valence-electron chi connectivity index (χ3n) is 5.84. The van der Waals surface area contributed by atoms with Crippen LogP contribution in [0.3, 0.4) is 0 Å². The number of pyridine rings is 1. The monoisotopic (exact) mass is 499 g/mol. The highest BCUT2D eigenvalue weighted by Crippen LogP contribution is 2.35. The molecule has 0 bridgehead atoms. The molecule has 0 aliphatic carbocycles. The molecule has 0 saturated carbocycles. The number of nitrogens with zero attached hydrogens (tertiary/aromatic N) is 2. The summed E-state index contributed by atoms with van der Waals surface area (Å²) >= 11 is 1.39. The fourth-order valence-corrected chi connectivity index (χ4v) is 4.97. The Morgan fingerprint density at radius 1 is 1.08 bits per heavy atom. The zero-order chi connectivity index (χ0) is 25.2. The Balaban J connectivity index is 1.38. The van der Waals surface area contributed by atoms with Crippen LogP contribution in [0.1, 0.15) is 20.0 Å². The zero-order valence-electron chi connectivity index (χ0n) is 19.8. The molecule has 5 aromatic rings. The van der Waals surface area contributed by atoms with Crippen molar-refractivity contribution in [2.45, 2.75) is 0 Å². The number of carbonyl (C=O) groups excluding carboxylic acids is 2. The minimum absolute atomic E-state index is 0.109. The van der Waals surface area contributed by atoms with Crippen LogP contribution in [-0.4, -0.2) is 59.0 Å². The van der Waals surface area contributed by atoms with Crippen molar-refractivity contribution < 1.29 is 14.7 Å². The van der Waals surface area contributed by atoms with Crippen molar-refractivity contribution >= 4 is 50.0 Å². The quantitative estimate of drug-likeness (QED) is 0.243. The smallest absolute Gasteiger partial charge is 0.265 e. The molecular weight excluding hydrogens is 474 g/mol. The number of amides is 2. The molecule has 8 nitrogen and oxygen atoms in total. The van der Waals surface area contributed by atoms with Gasteiger partial charge in [-0.05, 0) is 62.1 Å². The van der Waals surface area contributed by atoms with Crippen LogP contribution in [0.5, 0.6) is 5.75 Å². The van der Waals surface area contributed by atoms with Crippen molar-refractivity contribution in [3.05, 3.63) is 77.4 Å². The van der Waals surface area contributed by atoms with Crippen molar-refractivity contribution in [2.24, 2.45) is 0 Å². The number of H-pyrrole nitrogens is 1. The number of rotatable bonds is 7. The Morgan fingerprint density at radius 3 is 2.78 bits per heavy atom. The highest BCUT2D eigenvalue weighted by atomic mass is 32.1. The summed E-state index contributed by atoms with van der Waals surface area (Å²) in [5.74, 6) is -0.828. The van der Waals surface area contributed by atoms with Crippen LogP contribution < -0.4 is 10.6 Å². The number of hydrogen-bond acceptors (Lipinski definition) is 6. The van der Waals surface area contributed by atoms with Gasteiger partial charge in [0, 0.05) is 52.2 Å². The number of nitrogens with one attached hydrogen (secondary N) is 3. The van der Waals surface area contributed by atoms with E-state index >= 15 is 0 Å². The maximum atomic E-state index is 13.1. The van der Waals surface area contributed by atoms with Gasteiger partial charge >= 0.3 is 0 Å². The number of likely N-dealkylation sites (N-methyl/N-ethyl adjacent to an activating group) is 1. The minimum Gasteiger partial charge on any atom is -0.507 e. The van der Waals surface area contributed by atoms with E-state index in [1.54, 1.807) is 6.07 Å². The predicted molar refractivity (Wildman–Crippen MR) is 144 cm³/mol. The van der Waals surface area contributed by atoms with Crippen molar-refractivity contribution in [1.29, 1.82) is 0 Å². The van der Waals surface area contributed by atoms with E-state index < -0.39 is 5.91 Å². The largest absolute Gasteiger partial charge is 0.507 e. The summed E-state index contributed by atoms with van der Waals surface area (Å²) < 4.78 is 0.985. The highest BCUT2D eigenvalue weighted by Gasteiger charge is 2.16. The molecule has 3 heterocycles. The van der Waals surface area contributed by atoms with Gasteiger partial charge in [-0.3, -0.25) is 9.59 Å².